The number of nitrogens with one attached hydrogen (secondary N) is 2. The largest absolute Gasteiger partial charge is 0.493 e. The third-order valence-corrected chi connectivity index (χ3v) is 6.70. The summed E-state index contributed by atoms with van der Waals surface area (Å²) in [5.74, 6) is -0.0798. The summed E-state index contributed by atoms with van der Waals surface area (Å²) in [6.45, 7) is 0.375. The number of pyridine rings is 1. The van der Waals surface area contributed by atoms with Gasteiger partial charge in [0.1, 0.15) is 11.6 Å². The highest BCUT2D eigenvalue weighted by atomic mass is 19.4. The molecule has 1 aromatic heterocycles. The average Bonchev–Trinajstić information content (AvgIpc) is 3.04. The van der Waals surface area contributed by atoms with Crippen LogP contribution in [0.15, 0.2) is 60.7 Å². The number of hydrogen-bond donors (Lipinski definition) is 2. The number of amides is 1. The van der Waals surface area contributed by atoms with E-state index in [9.17, 15) is 22.8 Å². The Labute approximate surface area is 224 Å². The van der Waals surface area contributed by atoms with Crippen LogP contribution < -0.4 is 15.4 Å². The fraction of sp³-hybridized carbons (Fsp3) is 0.345. The van der Waals surface area contributed by atoms with Gasteiger partial charge in [-0.15, -0.1) is 0 Å². The summed E-state index contributed by atoms with van der Waals surface area (Å²) in [6, 6.07) is 15.6. The Morgan fingerprint density at radius 3 is 2.59 bits per heavy atom. The minimum Gasteiger partial charge on any atom is -0.493 e. The van der Waals surface area contributed by atoms with E-state index >= 15 is 0 Å². The van der Waals surface area contributed by atoms with Crippen molar-refractivity contribution in [1.82, 2.24) is 10.3 Å². The molecule has 2 atom stereocenters. The summed E-state index contributed by atoms with van der Waals surface area (Å²) in [4.78, 5) is 29.5. The Balaban J connectivity index is 1.56. The van der Waals surface area contributed by atoms with Crippen LogP contribution in [-0.2, 0) is 39.8 Å². The Morgan fingerprint density at radius 1 is 1.13 bits per heavy atom. The zero-order valence-electron chi connectivity index (χ0n) is 21.7. The lowest BCUT2D eigenvalue weighted by Crippen LogP contribution is -2.34. The van der Waals surface area contributed by atoms with Gasteiger partial charge in [0.05, 0.1) is 37.7 Å². The van der Waals surface area contributed by atoms with Gasteiger partial charge in [0, 0.05) is 19.2 Å². The van der Waals surface area contributed by atoms with Crippen molar-refractivity contribution in [2.24, 2.45) is 5.92 Å². The Bertz CT molecular complexity index is 1310. The molecule has 0 aliphatic carbocycles. The predicted octanol–water partition coefficient (Wildman–Crippen LogP) is 4.90. The summed E-state index contributed by atoms with van der Waals surface area (Å²) in [5, 5.41) is 5.99. The number of carbonyl (C=O) groups excluding carboxylic acids is 2. The molecule has 10 heteroatoms. The maximum Gasteiger partial charge on any atom is 0.416 e. The molecule has 0 spiro atoms. The van der Waals surface area contributed by atoms with Gasteiger partial charge >= 0.3 is 12.1 Å². The van der Waals surface area contributed by atoms with Gasteiger partial charge in [-0.25, -0.2) is 4.98 Å². The molecule has 39 heavy (non-hydrogen) atoms. The van der Waals surface area contributed by atoms with Gasteiger partial charge in [0.15, 0.2) is 0 Å². The van der Waals surface area contributed by atoms with Gasteiger partial charge in [0.2, 0.25) is 5.91 Å². The van der Waals surface area contributed by atoms with Crippen molar-refractivity contribution in [3.05, 3.63) is 88.6 Å². The first-order valence-corrected chi connectivity index (χ1v) is 12.6. The van der Waals surface area contributed by atoms with Crippen molar-refractivity contribution in [1.29, 1.82) is 0 Å². The molecule has 206 valence electrons. The molecule has 7 nitrogen and oxygen atoms in total. The Morgan fingerprint density at radius 2 is 1.90 bits per heavy atom. The second kappa shape index (κ2) is 12.2. The molecule has 0 radical (unpaired) electrons. The first-order chi connectivity index (χ1) is 18.7. The molecular weight excluding hydrogens is 511 g/mol. The normalized spacial score (nSPS) is 17.0. The molecule has 0 fully saturated rings. The number of esters is 1. The van der Waals surface area contributed by atoms with Crippen molar-refractivity contribution in [2.45, 2.75) is 37.9 Å². The minimum atomic E-state index is -4.43. The van der Waals surface area contributed by atoms with E-state index < -0.39 is 29.7 Å². The smallest absolute Gasteiger partial charge is 0.416 e. The van der Waals surface area contributed by atoms with Crippen molar-refractivity contribution in [2.75, 3.05) is 26.1 Å². The highest BCUT2D eigenvalue weighted by Gasteiger charge is 2.32. The van der Waals surface area contributed by atoms with Crippen LogP contribution in [0.1, 0.15) is 40.4 Å². The lowest BCUT2D eigenvalue weighted by molar-refractivity contribution is -0.144. The van der Waals surface area contributed by atoms with Crippen LogP contribution in [0.4, 0.5) is 19.0 Å². The number of anilines is 1. The number of fused-ring (bicyclic) bond motifs is 1. The zero-order valence-corrected chi connectivity index (χ0v) is 21.7. The topological polar surface area (TPSA) is 89.6 Å². The van der Waals surface area contributed by atoms with Crippen molar-refractivity contribution >= 4 is 17.7 Å². The summed E-state index contributed by atoms with van der Waals surface area (Å²) >= 11 is 0. The van der Waals surface area contributed by atoms with E-state index in [4.69, 9.17) is 9.47 Å². The molecule has 0 bridgehead atoms. The van der Waals surface area contributed by atoms with E-state index in [1.165, 1.54) is 19.2 Å². The molecule has 1 unspecified atom stereocenters. The molecule has 1 aliphatic rings. The molecule has 2 heterocycles. The van der Waals surface area contributed by atoms with Crippen LogP contribution in [0, 0.1) is 5.92 Å². The van der Waals surface area contributed by atoms with E-state index in [0.717, 1.165) is 34.8 Å². The van der Waals surface area contributed by atoms with Gasteiger partial charge in [-0.2, -0.15) is 13.2 Å². The molecule has 1 aliphatic heterocycles. The zero-order chi connectivity index (χ0) is 28.0. The molecule has 2 aromatic carbocycles. The SMILES string of the molecule is CNc1cccc(CCOc2ccc3c(c2)[C@H](Cc2ccc(C(F)(F)F)cc2)NC(=O)C(CC(=O)OC)C3)n1. The fourth-order valence-electron chi connectivity index (χ4n) is 4.61. The van der Waals surface area contributed by atoms with Crippen molar-refractivity contribution in [3.8, 4) is 5.75 Å². The van der Waals surface area contributed by atoms with E-state index in [0.29, 0.717) is 30.8 Å². The van der Waals surface area contributed by atoms with Crippen LogP contribution in [0.2, 0.25) is 0 Å². The summed E-state index contributed by atoms with van der Waals surface area (Å²) < 4.78 is 49.9. The lowest BCUT2D eigenvalue weighted by atomic mass is 9.91. The van der Waals surface area contributed by atoms with Crippen LogP contribution in [0.5, 0.6) is 5.75 Å². The van der Waals surface area contributed by atoms with Gasteiger partial charge in [-0.05, 0) is 65.9 Å². The first-order valence-electron chi connectivity index (χ1n) is 12.6. The number of alkyl halides is 3. The quantitative estimate of drug-likeness (QED) is 0.375. The van der Waals surface area contributed by atoms with Crippen LogP contribution >= 0.6 is 0 Å². The third-order valence-electron chi connectivity index (χ3n) is 6.70. The molecular formula is C29H30F3N3O4. The van der Waals surface area contributed by atoms with Gasteiger partial charge in [0.25, 0.3) is 0 Å². The van der Waals surface area contributed by atoms with Crippen molar-refractivity contribution in [3.63, 3.8) is 0 Å². The maximum atomic E-state index is 13.1. The number of halogens is 3. The average molecular weight is 542 g/mol. The monoisotopic (exact) mass is 541 g/mol. The first kappa shape index (κ1) is 27.9. The van der Waals surface area contributed by atoms with E-state index in [1.54, 1.807) is 7.05 Å². The maximum absolute atomic E-state index is 13.1. The number of carbonyl (C=O) groups is 2. The number of methoxy groups -OCH3 is 1. The van der Waals surface area contributed by atoms with Gasteiger partial charge in [-0.3, -0.25) is 9.59 Å². The highest BCUT2D eigenvalue weighted by Crippen LogP contribution is 2.33. The third kappa shape index (κ3) is 7.28. The Kier molecular flexibility index (Phi) is 8.73. The lowest BCUT2D eigenvalue weighted by Gasteiger charge is -2.21. The van der Waals surface area contributed by atoms with Gasteiger partial charge < -0.3 is 20.1 Å². The fourth-order valence-corrected chi connectivity index (χ4v) is 4.61. The second-order valence-corrected chi connectivity index (χ2v) is 9.36. The van der Waals surface area contributed by atoms with Crippen LogP contribution in [0.3, 0.4) is 0 Å². The minimum absolute atomic E-state index is 0.0777. The van der Waals surface area contributed by atoms with Crippen LogP contribution in [-0.4, -0.2) is 37.6 Å². The highest BCUT2D eigenvalue weighted by molar-refractivity contribution is 5.85. The standard InChI is InChI=1S/C29H30F3N3O4/c1-33-26-5-3-4-22(34-26)12-13-39-23-11-8-19-15-20(16-27(36)38-2)28(37)35-25(24(19)17-23)14-18-6-9-21(10-7-18)29(30,31)32/h3-11,17,20,25H,12-16H2,1-2H3,(H,33,34)(H,35,37)/t20?,25-/m0/s1. The number of hydrogen-bond acceptors (Lipinski definition) is 6. The molecule has 2 N–H and O–H groups in total. The van der Waals surface area contributed by atoms with Gasteiger partial charge in [-0.1, -0.05) is 24.3 Å². The summed E-state index contributed by atoms with van der Waals surface area (Å²) in [7, 11) is 3.07. The van der Waals surface area contributed by atoms with Crippen molar-refractivity contribution < 1.29 is 32.2 Å². The second-order valence-electron chi connectivity index (χ2n) is 9.36. The molecule has 1 amide bonds. The molecule has 0 saturated carbocycles. The van der Waals surface area contributed by atoms with Crippen LogP contribution in [0.25, 0.3) is 0 Å². The van der Waals surface area contributed by atoms with E-state index in [2.05, 4.69) is 15.6 Å². The molecule has 3 aromatic rings. The number of benzene rings is 2. The molecule has 4 rings (SSSR count). The predicted molar refractivity (Wildman–Crippen MR) is 139 cm³/mol. The number of ether oxygens (including phenoxy) is 2. The summed E-state index contributed by atoms with van der Waals surface area (Å²) in [6.07, 6.45) is -3.34. The van der Waals surface area contributed by atoms with E-state index in [1.807, 2.05) is 36.4 Å². The number of rotatable bonds is 9. The Hall–Kier alpha value is -4.08. The molecule has 0 saturated heterocycles. The number of nitrogens with zero attached hydrogens (tertiary/aromatic N) is 1. The summed E-state index contributed by atoms with van der Waals surface area (Å²) in [5.41, 5.74) is 2.42. The van der Waals surface area contributed by atoms with E-state index in [-0.39, 0.29) is 18.7 Å². The number of aromatic nitrogens is 1.